The van der Waals surface area contributed by atoms with Gasteiger partial charge in [0, 0.05) is 17.5 Å². The Bertz CT molecular complexity index is 452. The second kappa shape index (κ2) is 4.26. The third kappa shape index (κ3) is 2.02. The first-order valence-electron chi connectivity index (χ1n) is 6.47. The van der Waals surface area contributed by atoms with Gasteiger partial charge in [0.15, 0.2) is 12.4 Å². The summed E-state index contributed by atoms with van der Waals surface area (Å²) in [7, 11) is 2.07. The first kappa shape index (κ1) is 11.0. The molecule has 3 rings (SSSR count). The number of rotatable bonds is 1. The first-order chi connectivity index (χ1) is 8.24. The highest BCUT2D eigenvalue weighted by Gasteiger charge is 2.36. The number of hydrogen-bond donors (Lipinski definition) is 0. The van der Waals surface area contributed by atoms with E-state index in [0.29, 0.717) is 5.92 Å². The van der Waals surface area contributed by atoms with E-state index < -0.39 is 0 Å². The Morgan fingerprint density at radius 1 is 1.41 bits per heavy atom. The largest absolute Gasteiger partial charge is 0.372 e. The maximum absolute atomic E-state index is 6.10. The Balaban J connectivity index is 1.93. The summed E-state index contributed by atoms with van der Waals surface area (Å²) in [5.41, 5.74) is 2.82. The van der Waals surface area contributed by atoms with Gasteiger partial charge in [-0.15, -0.1) is 0 Å². The fourth-order valence-corrected chi connectivity index (χ4v) is 3.11. The molecule has 1 fully saturated rings. The van der Waals surface area contributed by atoms with Crippen LogP contribution in [0.15, 0.2) is 36.2 Å². The molecule has 0 amide bonds. The minimum Gasteiger partial charge on any atom is -0.372 e. The molecule has 1 aliphatic heterocycles. The van der Waals surface area contributed by atoms with Crippen LogP contribution in [-0.4, -0.2) is 6.61 Å². The minimum absolute atomic E-state index is 0.259. The van der Waals surface area contributed by atoms with Crippen molar-refractivity contribution in [1.29, 1.82) is 0 Å². The second-order valence-corrected chi connectivity index (χ2v) is 5.45. The van der Waals surface area contributed by atoms with Crippen molar-refractivity contribution in [1.82, 2.24) is 0 Å². The zero-order valence-electron chi connectivity index (χ0n) is 10.6. The second-order valence-electron chi connectivity index (χ2n) is 5.45. The molecule has 2 bridgehead atoms. The molecule has 0 saturated carbocycles. The number of nitrogens with zero attached hydrogens (tertiary/aromatic N) is 1. The predicted molar refractivity (Wildman–Crippen MR) is 66.3 cm³/mol. The van der Waals surface area contributed by atoms with Crippen LogP contribution < -0.4 is 4.57 Å². The highest BCUT2D eigenvalue weighted by Crippen LogP contribution is 2.43. The van der Waals surface area contributed by atoms with Gasteiger partial charge in [-0.3, -0.25) is 0 Å². The van der Waals surface area contributed by atoms with Gasteiger partial charge in [0.25, 0.3) is 0 Å². The fraction of sp³-hybridized carbons (Fsp3) is 0.533. The van der Waals surface area contributed by atoms with Gasteiger partial charge in [0.2, 0.25) is 0 Å². The summed E-state index contributed by atoms with van der Waals surface area (Å²) in [6.07, 6.45) is 9.43. The summed E-state index contributed by atoms with van der Waals surface area (Å²) in [4.78, 5) is 0. The molecule has 1 aromatic rings. The van der Waals surface area contributed by atoms with Gasteiger partial charge < -0.3 is 4.74 Å². The van der Waals surface area contributed by atoms with E-state index in [1.165, 1.54) is 24.0 Å². The summed E-state index contributed by atoms with van der Waals surface area (Å²) in [5.74, 6) is 1.34. The maximum atomic E-state index is 6.10. The lowest BCUT2D eigenvalue weighted by Crippen LogP contribution is -2.34. The van der Waals surface area contributed by atoms with Gasteiger partial charge in [0.1, 0.15) is 7.05 Å². The third-order valence-corrected chi connectivity index (χ3v) is 4.11. The van der Waals surface area contributed by atoms with Crippen LogP contribution >= 0.6 is 0 Å². The van der Waals surface area contributed by atoms with E-state index in [4.69, 9.17) is 4.74 Å². The summed E-state index contributed by atoms with van der Waals surface area (Å²) < 4.78 is 8.21. The van der Waals surface area contributed by atoms with Gasteiger partial charge in [0.05, 0.1) is 12.7 Å². The number of pyridine rings is 1. The highest BCUT2D eigenvalue weighted by molar-refractivity contribution is 5.20. The molecule has 3 atom stereocenters. The monoisotopic (exact) mass is 230 g/mol. The van der Waals surface area contributed by atoms with E-state index in [1.807, 2.05) is 0 Å². The Morgan fingerprint density at radius 3 is 3.12 bits per heavy atom. The fourth-order valence-electron chi connectivity index (χ4n) is 3.11. The van der Waals surface area contributed by atoms with E-state index in [1.54, 1.807) is 0 Å². The quantitative estimate of drug-likeness (QED) is 0.534. The molecule has 0 N–H and O–H groups in total. The summed E-state index contributed by atoms with van der Waals surface area (Å²) >= 11 is 0. The molecule has 2 nitrogen and oxygen atoms in total. The Morgan fingerprint density at radius 2 is 2.29 bits per heavy atom. The van der Waals surface area contributed by atoms with Gasteiger partial charge in [-0.2, -0.15) is 0 Å². The van der Waals surface area contributed by atoms with Gasteiger partial charge >= 0.3 is 0 Å². The highest BCUT2D eigenvalue weighted by atomic mass is 16.5. The molecule has 0 spiro atoms. The van der Waals surface area contributed by atoms with Crippen LogP contribution in [0.2, 0.25) is 0 Å². The van der Waals surface area contributed by atoms with Crippen LogP contribution in [0, 0.1) is 11.8 Å². The number of aryl methyl sites for hydroxylation is 1. The average Bonchev–Trinajstić information content (AvgIpc) is 2.34. The number of hydrogen-bond acceptors (Lipinski definition) is 1. The van der Waals surface area contributed by atoms with Crippen molar-refractivity contribution in [2.45, 2.75) is 25.9 Å². The van der Waals surface area contributed by atoms with Crippen LogP contribution in [0.1, 0.15) is 31.4 Å². The van der Waals surface area contributed by atoms with Crippen molar-refractivity contribution in [3.05, 3.63) is 41.7 Å². The normalized spacial score (nSPS) is 32.1. The van der Waals surface area contributed by atoms with Crippen LogP contribution in [0.4, 0.5) is 0 Å². The van der Waals surface area contributed by atoms with Crippen molar-refractivity contribution >= 4 is 0 Å². The molecule has 90 valence electrons. The Hall–Kier alpha value is -1.15. The molecule has 0 radical (unpaired) electrons. The van der Waals surface area contributed by atoms with E-state index in [2.05, 4.69) is 49.1 Å². The lowest BCUT2D eigenvalue weighted by Gasteiger charge is -2.39. The number of allylic oxidation sites excluding steroid dienone is 1. The van der Waals surface area contributed by atoms with Crippen LogP contribution in [0.25, 0.3) is 0 Å². The molecule has 2 heterocycles. The van der Waals surface area contributed by atoms with Crippen LogP contribution in [-0.2, 0) is 11.8 Å². The molecule has 1 saturated heterocycles. The molecule has 2 aliphatic rings. The van der Waals surface area contributed by atoms with E-state index >= 15 is 0 Å². The van der Waals surface area contributed by atoms with Crippen molar-refractivity contribution in [2.24, 2.45) is 18.9 Å². The number of aromatic nitrogens is 1. The topological polar surface area (TPSA) is 13.1 Å². The molecule has 0 unspecified atom stereocenters. The number of fused-ring (bicyclic) bond motifs is 2. The summed E-state index contributed by atoms with van der Waals surface area (Å²) in [6, 6.07) is 4.29. The molecular weight excluding hydrogens is 210 g/mol. The zero-order valence-corrected chi connectivity index (χ0v) is 10.6. The van der Waals surface area contributed by atoms with Crippen LogP contribution in [0.5, 0.6) is 0 Å². The van der Waals surface area contributed by atoms with Crippen molar-refractivity contribution in [3.8, 4) is 0 Å². The SMILES string of the molecule is CC1=CC[C@@H]2CO[C@@H](c3ccc[n+](C)c3)[C@@H]1C2. The minimum atomic E-state index is 0.259. The summed E-state index contributed by atoms with van der Waals surface area (Å²) in [5, 5.41) is 0. The molecule has 2 heteroatoms. The third-order valence-electron chi connectivity index (χ3n) is 4.11. The summed E-state index contributed by atoms with van der Waals surface area (Å²) in [6.45, 7) is 3.18. The molecule has 1 aromatic heterocycles. The van der Waals surface area contributed by atoms with Gasteiger partial charge in [-0.05, 0) is 31.7 Å². The lowest BCUT2D eigenvalue weighted by atomic mass is 9.75. The molecular formula is C15H20NO+. The Kier molecular flexibility index (Phi) is 2.75. The van der Waals surface area contributed by atoms with Gasteiger partial charge in [-0.25, -0.2) is 4.57 Å². The molecule has 17 heavy (non-hydrogen) atoms. The van der Waals surface area contributed by atoms with E-state index in [-0.39, 0.29) is 6.10 Å². The molecule has 0 aromatic carbocycles. The van der Waals surface area contributed by atoms with Crippen LogP contribution in [0.3, 0.4) is 0 Å². The smallest absolute Gasteiger partial charge is 0.174 e. The van der Waals surface area contributed by atoms with Crippen molar-refractivity contribution < 1.29 is 9.30 Å². The predicted octanol–water partition coefficient (Wildman–Crippen LogP) is 2.55. The number of ether oxygens (including phenoxy) is 1. The first-order valence-corrected chi connectivity index (χ1v) is 6.47. The van der Waals surface area contributed by atoms with Crippen molar-refractivity contribution in [2.75, 3.05) is 6.61 Å². The zero-order chi connectivity index (χ0) is 11.8. The van der Waals surface area contributed by atoms with E-state index in [0.717, 1.165) is 12.5 Å². The maximum Gasteiger partial charge on any atom is 0.174 e. The average molecular weight is 230 g/mol. The van der Waals surface area contributed by atoms with Crippen molar-refractivity contribution in [3.63, 3.8) is 0 Å². The van der Waals surface area contributed by atoms with Gasteiger partial charge in [-0.1, -0.05) is 11.6 Å². The molecule has 1 aliphatic carbocycles. The Labute approximate surface area is 103 Å². The van der Waals surface area contributed by atoms with E-state index in [9.17, 15) is 0 Å². The standard InChI is InChI=1S/C15H20NO/c1-11-5-6-12-8-14(11)15(17-10-12)13-4-3-7-16(2)9-13/h3-5,7,9,12,14-15H,6,8,10H2,1-2H3/q+1/t12-,14+,15-/m0/s1. The lowest BCUT2D eigenvalue weighted by molar-refractivity contribution is -0.672.